The van der Waals surface area contributed by atoms with Crippen LogP contribution < -0.4 is 15.5 Å². The molecule has 1 atom stereocenters. The highest BCUT2D eigenvalue weighted by Gasteiger charge is 2.23. The Bertz CT molecular complexity index is 795. The highest BCUT2D eigenvalue weighted by Crippen LogP contribution is 2.35. The number of nitrogens with zero attached hydrogens (tertiary/aromatic N) is 1. The van der Waals surface area contributed by atoms with Crippen molar-refractivity contribution >= 4 is 24.9 Å². The maximum atomic E-state index is 11.0. The van der Waals surface area contributed by atoms with Gasteiger partial charge in [-0.05, 0) is 70.2 Å². The molecule has 1 N–H and O–H groups in total. The van der Waals surface area contributed by atoms with E-state index in [0.717, 1.165) is 10.9 Å². The maximum Gasteiger partial charge on any atom is 0.127 e. The second-order valence-electron chi connectivity index (χ2n) is 9.15. The number of benzene rings is 2. The molecule has 2 aromatic carbocycles. The number of phenols is 1. The van der Waals surface area contributed by atoms with Crippen molar-refractivity contribution in [2.75, 3.05) is 4.90 Å². The summed E-state index contributed by atoms with van der Waals surface area (Å²) in [6, 6.07) is 11.7. The van der Waals surface area contributed by atoms with E-state index in [1.54, 1.807) is 0 Å². The third-order valence-corrected chi connectivity index (χ3v) is 6.51. The summed E-state index contributed by atoms with van der Waals surface area (Å²) in [6.45, 7) is 19.8. The summed E-state index contributed by atoms with van der Waals surface area (Å²) < 4.78 is 0. The van der Waals surface area contributed by atoms with Crippen LogP contribution in [-0.2, 0) is 5.41 Å². The normalized spacial score (nSPS) is 12.6. The largest absolute Gasteiger partial charge is 0.507 e. The topological polar surface area (TPSA) is 23.5 Å². The fourth-order valence-corrected chi connectivity index (χ4v) is 5.21. The standard InChI is InChI=1S/C24H36NOP/c1-15(2)25(16(3)4)20-12-10-11-18(6)23(20)27-21-14-17(5)13-19(22(21)26)24(7,8)9/h10-16,26-27H,1-9H3. The van der Waals surface area contributed by atoms with E-state index in [0.29, 0.717) is 26.4 Å². The van der Waals surface area contributed by atoms with Gasteiger partial charge in [0.1, 0.15) is 5.75 Å². The van der Waals surface area contributed by atoms with Gasteiger partial charge in [0.15, 0.2) is 0 Å². The zero-order valence-electron chi connectivity index (χ0n) is 18.4. The van der Waals surface area contributed by atoms with Gasteiger partial charge in [-0.2, -0.15) is 0 Å². The minimum absolute atomic E-state index is 0.0776. The van der Waals surface area contributed by atoms with Crippen LogP contribution in [0.25, 0.3) is 0 Å². The number of hydrogen-bond donors (Lipinski definition) is 1. The molecule has 148 valence electrons. The summed E-state index contributed by atoms with van der Waals surface area (Å²) in [5, 5.41) is 13.4. The number of phenolic OH excluding ortho intramolecular Hbond substituents is 1. The van der Waals surface area contributed by atoms with Crippen molar-refractivity contribution in [1.29, 1.82) is 0 Å². The molecule has 0 saturated carbocycles. The van der Waals surface area contributed by atoms with E-state index >= 15 is 0 Å². The lowest BCUT2D eigenvalue weighted by Gasteiger charge is -2.35. The SMILES string of the molecule is Cc1cc(Pc2c(C)cccc2N(C(C)C)C(C)C)c(O)c(C(C)(C)C)c1. The van der Waals surface area contributed by atoms with Crippen LogP contribution in [0.15, 0.2) is 30.3 Å². The van der Waals surface area contributed by atoms with Gasteiger partial charge in [-0.25, -0.2) is 0 Å². The fourth-order valence-electron chi connectivity index (χ4n) is 3.76. The predicted octanol–water partition coefficient (Wildman–Crippen LogP) is 5.56. The average molecular weight is 386 g/mol. The summed E-state index contributed by atoms with van der Waals surface area (Å²) in [6.07, 6.45) is 0. The maximum absolute atomic E-state index is 11.0. The summed E-state index contributed by atoms with van der Waals surface area (Å²) in [5.74, 6) is 0.460. The second kappa shape index (κ2) is 8.23. The number of rotatable bonds is 5. The van der Waals surface area contributed by atoms with Crippen molar-refractivity contribution in [1.82, 2.24) is 0 Å². The number of aryl methyl sites for hydroxylation is 2. The third kappa shape index (κ3) is 4.85. The average Bonchev–Trinajstić information content (AvgIpc) is 2.51. The molecular formula is C24H36NOP. The molecule has 0 aliphatic carbocycles. The predicted molar refractivity (Wildman–Crippen MR) is 123 cm³/mol. The van der Waals surface area contributed by atoms with Crippen molar-refractivity contribution < 1.29 is 5.11 Å². The number of anilines is 1. The van der Waals surface area contributed by atoms with Crippen molar-refractivity contribution in [2.45, 2.75) is 79.8 Å². The number of hydrogen-bond acceptors (Lipinski definition) is 2. The van der Waals surface area contributed by atoms with Gasteiger partial charge in [0, 0.05) is 33.9 Å². The Balaban J connectivity index is 2.61. The molecule has 0 aromatic heterocycles. The van der Waals surface area contributed by atoms with Crippen LogP contribution in [0.4, 0.5) is 5.69 Å². The minimum atomic E-state index is -0.0776. The van der Waals surface area contributed by atoms with E-state index in [1.165, 1.54) is 22.1 Å². The third-order valence-electron chi connectivity index (χ3n) is 4.96. The van der Waals surface area contributed by atoms with Gasteiger partial charge in [0.05, 0.1) is 0 Å². The molecule has 0 heterocycles. The molecule has 0 spiro atoms. The van der Waals surface area contributed by atoms with Crippen LogP contribution in [0.3, 0.4) is 0 Å². The van der Waals surface area contributed by atoms with E-state index in [4.69, 9.17) is 0 Å². The summed E-state index contributed by atoms with van der Waals surface area (Å²) in [7, 11) is 0.432. The first-order valence-electron chi connectivity index (χ1n) is 9.92. The van der Waals surface area contributed by atoms with Crippen molar-refractivity contribution in [2.24, 2.45) is 0 Å². The Kier molecular flexibility index (Phi) is 6.63. The molecular weight excluding hydrogens is 349 g/mol. The van der Waals surface area contributed by atoms with E-state index in [1.807, 2.05) is 0 Å². The van der Waals surface area contributed by atoms with Crippen LogP contribution in [-0.4, -0.2) is 17.2 Å². The highest BCUT2D eigenvalue weighted by atomic mass is 31.1. The summed E-state index contributed by atoms with van der Waals surface area (Å²) in [4.78, 5) is 2.48. The van der Waals surface area contributed by atoms with E-state index in [-0.39, 0.29) is 5.41 Å². The zero-order valence-corrected chi connectivity index (χ0v) is 19.4. The Hall–Kier alpha value is -1.53. The van der Waals surface area contributed by atoms with Gasteiger partial charge in [0.25, 0.3) is 0 Å². The number of aromatic hydroxyl groups is 1. The van der Waals surface area contributed by atoms with Crippen LogP contribution in [0.5, 0.6) is 5.75 Å². The molecule has 0 fully saturated rings. The van der Waals surface area contributed by atoms with E-state index in [9.17, 15) is 5.11 Å². The second-order valence-corrected chi connectivity index (χ2v) is 10.4. The van der Waals surface area contributed by atoms with Gasteiger partial charge in [-0.1, -0.05) is 47.6 Å². The Morgan fingerprint density at radius 1 is 0.963 bits per heavy atom. The molecule has 0 aliphatic heterocycles. The first kappa shape index (κ1) is 21.8. The lowest BCUT2D eigenvalue weighted by atomic mass is 9.85. The van der Waals surface area contributed by atoms with Gasteiger partial charge >= 0.3 is 0 Å². The molecule has 0 aliphatic rings. The Morgan fingerprint density at radius 2 is 1.56 bits per heavy atom. The van der Waals surface area contributed by atoms with Gasteiger partial charge in [0.2, 0.25) is 0 Å². The molecule has 27 heavy (non-hydrogen) atoms. The van der Waals surface area contributed by atoms with E-state index in [2.05, 4.69) is 97.5 Å². The molecule has 2 rings (SSSR count). The van der Waals surface area contributed by atoms with Crippen LogP contribution >= 0.6 is 8.58 Å². The van der Waals surface area contributed by atoms with Crippen LogP contribution in [0, 0.1) is 13.8 Å². The Morgan fingerprint density at radius 3 is 2.07 bits per heavy atom. The molecule has 0 radical (unpaired) electrons. The molecule has 0 amide bonds. The molecule has 1 unspecified atom stereocenters. The first-order valence-corrected chi connectivity index (χ1v) is 10.9. The quantitative estimate of drug-likeness (QED) is 0.681. The van der Waals surface area contributed by atoms with Gasteiger partial charge in [-0.15, -0.1) is 0 Å². The first-order chi connectivity index (χ1) is 12.4. The molecule has 3 heteroatoms. The molecule has 0 bridgehead atoms. The monoisotopic (exact) mass is 385 g/mol. The van der Waals surface area contributed by atoms with Crippen LogP contribution in [0.1, 0.15) is 65.2 Å². The fraction of sp³-hybridized carbons (Fsp3) is 0.500. The van der Waals surface area contributed by atoms with Gasteiger partial charge < -0.3 is 10.0 Å². The van der Waals surface area contributed by atoms with Gasteiger partial charge in [-0.3, -0.25) is 0 Å². The van der Waals surface area contributed by atoms with E-state index < -0.39 is 0 Å². The lowest BCUT2D eigenvalue weighted by molar-refractivity contribution is 0.450. The minimum Gasteiger partial charge on any atom is -0.507 e. The Labute approximate surface area is 167 Å². The molecule has 0 saturated heterocycles. The summed E-state index contributed by atoms with van der Waals surface area (Å²) >= 11 is 0. The zero-order chi connectivity index (χ0) is 20.5. The van der Waals surface area contributed by atoms with Crippen LogP contribution in [0.2, 0.25) is 0 Å². The molecule has 2 aromatic rings. The summed E-state index contributed by atoms with van der Waals surface area (Å²) in [5.41, 5.74) is 4.74. The van der Waals surface area contributed by atoms with Crippen molar-refractivity contribution in [3.8, 4) is 5.75 Å². The lowest BCUT2D eigenvalue weighted by Crippen LogP contribution is -2.39. The highest BCUT2D eigenvalue weighted by molar-refractivity contribution is 7.56. The van der Waals surface area contributed by atoms with Crippen molar-refractivity contribution in [3.05, 3.63) is 47.0 Å². The molecule has 2 nitrogen and oxygen atoms in total. The van der Waals surface area contributed by atoms with Crippen molar-refractivity contribution in [3.63, 3.8) is 0 Å². The smallest absolute Gasteiger partial charge is 0.127 e.